The highest BCUT2D eigenvalue weighted by atomic mass is 35.5. The number of para-hydroxylation sites is 1. The minimum Gasteiger partial charge on any atom is -0.272 e. The number of halogens is 1. The maximum Gasteiger partial charge on any atom is 0.250 e. The van der Waals surface area contributed by atoms with E-state index in [1.54, 1.807) is 6.21 Å². The van der Waals surface area contributed by atoms with Crippen LogP contribution in [0.4, 0.5) is 0 Å². The van der Waals surface area contributed by atoms with Gasteiger partial charge in [-0.2, -0.15) is 5.10 Å². The molecule has 0 unspecified atom stereocenters. The van der Waals surface area contributed by atoms with E-state index in [0.717, 1.165) is 38.4 Å². The van der Waals surface area contributed by atoms with Gasteiger partial charge in [0.05, 0.1) is 12.0 Å². The Morgan fingerprint density at radius 2 is 1.49 bits per heavy atom. The highest BCUT2D eigenvalue weighted by Crippen LogP contribution is 2.29. The quantitative estimate of drug-likeness (QED) is 0.0998. The molecule has 0 bridgehead atoms. The number of carbonyl (C=O) groups excluding carboxylic acids is 1. The number of benzene rings is 5. The molecule has 39 heavy (non-hydrogen) atoms. The van der Waals surface area contributed by atoms with E-state index < -0.39 is 0 Å². The van der Waals surface area contributed by atoms with Gasteiger partial charge in [-0.15, -0.1) is 10.2 Å². The van der Waals surface area contributed by atoms with Crippen molar-refractivity contribution >= 4 is 57.0 Å². The molecular formula is C31H22ClN5OS. The molecule has 0 aliphatic rings. The standard InChI is InChI=1S/C31H22ClN5OS/c32-24-16-14-21(15-17-24)30-35-36-31(37(30)25-10-2-1-3-11-25)39-20-29(38)34-33-19-28-26-12-6-4-8-22(26)18-23-9-5-7-13-27(23)28/h1-19H,20H2,(H,34,38)/b33-19-. The van der Waals surface area contributed by atoms with Crippen LogP contribution >= 0.6 is 23.4 Å². The van der Waals surface area contributed by atoms with Crippen molar-refractivity contribution in [2.45, 2.75) is 5.16 Å². The number of rotatable bonds is 7. The van der Waals surface area contributed by atoms with Crippen LogP contribution in [0, 0.1) is 0 Å². The largest absolute Gasteiger partial charge is 0.272 e. The second kappa shape index (κ2) is 11.1. The topological polar surface area (TPSA) is 72.2 Å². The van der Waals surface area contributed by atoms with E-state index in [9.17, 15) is 4.79 Å². The van der Waals surface area contributed by atoms with Crippen molar-refractivity contribution < 1.29 is 4.79 Å². The first kappa shape index (κ1) is 24.9. The summed E-state index contributed by atoms with van der Waals surface area (Å²) < 4.78 is 1.94. The monoisotopic (exact) mass is 547 g/mol. The third-order valence-electron chi connectivity index (χ3n) is 6.28. The highest BCUT2D eigenvalue weighted by Gasteiger charge is 2.17. The van der Waals surface area contributed by atoms with Gasteiger partial charge in [-0.05, 0) is 64.0 Å². The number of hydrogen-bond donors (Lipinski definition) is 1. The number of fused-ring (bicyclic) bond motifs is 2. The van der Waals surface area contributed by atoms with Crippen LogP contribution in [-0.2, 0) is 4.79 Å². The summed E-state index contributed by atoms with van der Waals surface area (Å²) in [5.74, 6) is 0.553. The molecule has 5 aromatic carbocycles. The fourth-order valence-corrected chi connectivity index (χ4v) is 5.35. The fourth-order valence-electron chi connectivity index (χ4n) is 4.48. The summed E-state index contributed by atoms with van der Waals surface area (Å²) in [5, 5.41) is 18.8. The maximum absolute atomic E-state index is 12.8. The lowest BCUT2D eigenvalue weighted by Gasteiger charge is -2.10. The Kier molecular flexibility index (Phi) is 7.08. The Hall–Kier alpha value is -4.46. The molecule has 1 heterocycles. The summed E-state index contributed by atoms with van der Waals surface area (Å²) in [4.78, 5) is 12.8. The molecule has 0 aliphatic heterocycles. The van der Waals surface area contributed by atoms with E-state index >= 15 is 0 Å². The summed E-state index contributed by atoms with van der Waals surface area (Å²) in [7, 11) is 0. The van der Waals surface area contributed by atoms with Crippen molar-refractivity contribution in [3.05, 3.63) is 120 Å². The molecule has 1 N–H and O–H groups in total. The van der Waals surface area contributed by atoms with Crippen molar-refractivity contribution in [1.82, 2.24) is 20.2 Å². The SMILES string of the molecule is O=C(CSc1nnc(-c2ccc(Cl)cc2)n1-c1ccccc1)N/N=C\c1c2ccccc2cc2ccccc12. The zero-order chi connectivity index (χ0) is 26.6. The number of nitrogens with zero attached hydrogens (tertiary/aromatic N) is 4. The molecule has 0 atom stereocenters. The first-order chi connectivity index (χ1) is 19.2. The third-order valence-corrected chi connectivity index (χ3v) is 7.46. The van der Waals surface area contributed by atoms with Gasteiger partial charge in [0, 0.05) is 21.8 Å². The Morgan fingerprint density at radius 3 is 2.18 bits per heavy atom. The predicted molar refractivity (Wildman–Crippen MR) is 160 cm³/mol. The molecule has 6 rings (SSSR count). The highest BCUT2D eigenvalue weighted by molar-refractivity contribution is 7.99. The lowest BCUT2D eigenvalue weighted by molar-refractivity contribution is -0.118. The van der Waals surface area contributed by atoms with Crippen LogP contribution in [-0.4, -0.2) is 32.6 Å². The molecule has 8 heteroatoms. The van der Waals surface area contributed by atoms with Crippen LogP contribution in [0.3, 0.4) is 0 Å². The second-order valence-corrected chi connectivity index (χ2v) is 10.2. The van der Waals surface area contributed by atoms with Crippen molar-refractivity contribution in [3.8, 4) is 17.1 Å². The predicted octanol–water partition coefficient (Wildman–Crippen LogP) is 7.14. The number of nitrogens with one attached hydrogen (secondary N) is 1. The normalized spacial score (nSPS) is 11.4. The molecule has 0 radical (unpaired) electrons. The zero-order valence-corrected chi connectivity index (χ0v) is 22.2. The van der Waals surface area contributed by atoms with E-state index in [1.165, 1.54) is 11.8 Å². The molecule has 0 saturated heterocycles. The number of amides is 1. The Morgan fingerprint density at radius 1 is 0.846 bits per heavy atom. The molecule has 0 saturated carbocycles. The maximum atomic E-state index is 12.8. The minimum atomic E-state index is -0.239. The third kappa shape index (κ3) is 5.27. The van der Waals surface area contributed by atoms with Crippen LogP contribution in [0.2, 0.25) is 5.02 Å². The molecule has 1 amide bonds. The zero-order valence-electron chi connectivity index (χ0n) is 20.7. The molecule has 1 aromatic heterocycles. The van der Waals surface area contributed by atoms with Gasteiger partial charge in [-0.1, -0.05) is 90.1 Å². The first-order valence-corrected chi connectivity index (χ1v) is 13.7. The van der Waals surface area contributed by atoms with Crippen LogP contribution in [0.25, 0.3) is 38.6 Å². The Labute approximate surface area is 234 Å². The summed E-state index contributed by atoms with van der Waals surface area (Å²) in [6.45, 7) is 0. The first-order valence-electron chi connectivity index (χ1n) is 12.3. The van der Waals surface area contributed by atoms with Gasteiger partial charge < -0.3 is 0 Å². The van der Waals surface area contributed by atoms with Gasteiger partial charge in [0.15, 0.2) is 11.0 Å². The Balaban J connectivity index is 1.22. The van der Waals surface area contributed by atoms with E-state index in [2.05, 4.69) is 51.1 Å². The van der Waals surface area contributed by atoms with Crippen LogP contribution < -0.4 is 5.43 Å². The Bertz CT molecular complexity index is 1760. The van der Waals surface area contributed by atoms with Gasteiger partial charge in [-0.25, -0.2) is 5.43 Å². The van der Waals surface area contributed by atoms with E-state index in [1.807, 2.05) is 83.4 Å². The number of thioether (sulfide) groups is 1. The molecular weight excluding hydrogens is 526 g/mol. The van der Waals surface area contributed by atoms with E-state index in [4.69, 9.17) is 11.6 Å². The van der Waals surface area contributed by atoms with Crippen LogP contribution in [0.1, 0.15) is 5.56 Å². The fraction of sp³-hybridized carbons (Fsp3) is 0.0323. The number of hydrazone groups is 1. The van der Waals surface area contributed by atoms with Gasteiger partial charge >= 0.3 is 0 Å². The van der Waals surface area contributed by atoms with Crippen molar-refractivity contribution in [1.29, 1.82) is 0 Å². The number of hydrogen-bond acceptors (Lipinski definition) is 5. The van der Waals surface area contributed by atoms with Crippen LogP contribution in [0.15, 0.2) is 119 Å². The van der Waals surface area contributed by atoms with Crippen molar-refractivity contribution in [3.63, 3.8) is 0 Å². The van der Waals surface area contributed by atoms with Gasteiger partial charge in [0.1, 0.15) is 0 Å². The van der Waals surface area contributed by atoms with Gasteiger partial charge in [0.25, 0.3) is 5.91 Å². The smallest absolute Gasteiger partial charge is 0.250 e. The molecule has 0 spiro atoms. The minimum absolute atomic E-state index is 0.124. The van der Waals surface area contributed by atoms with Crippen molar-refractivity contribution in [2.75, 3.05) is 5.75 Å². The average molecular weight is 548 g/mol. The van der Waals surface area contributed by atoms with Gasteiger partial charge in [-0.3, -0.25) is 9.36 Å². The lowest BCUT2D eigenvalue weighted by Crippen LogP contribution is -2.20. The summed E-state index contributed by atoms with van der Waals surface area (Å²) in [6.07, 6.45) is 1.72. The number of carbonyl (C=O) groups is 1. The van der Waals surface area contributed by atoms with E-state index in [-0.39, 0.29) is 11.7 Å². The number of aromatic nitrogens is 3. The van der Waals surface area contributed by atoms with Crippen LogP contribution in [0.5, 0.6) is 0 Å². The second-order valence-electron chi connectivity index (χ2n) is 8.80. The summed E-state index contributed by atoms with van der Waals surface area (Å²) in [6, 6.07) is 35.7. The summed E-state index contributed by atoms with van der Waals surface area (Å²) >= 11 is 7.38. The lowest BCUT2D eigenvalue weighted by atomic mass is 9.97. The molecule has 6 aromatic rings. The van der Waals surface area contributed by atoms with Crippen molar-refractivity contribution in [2.24, 2.45) is 5.10 Å². The molecule has 6 nitrogen and oxygen atoms in total. The molecule has 190 valence electrons. The van der Waals surface area contributed by atoms with E-state index in [0.29, 0.717) is 16.0 Å². The summed E-state index contributed by atoms with van der Waals surface area (Å²) in [5.41, 5.74) is 5.41. The average Bonchev–Trinajstić information content (AvgIpc) is 3.40. The van der Waals surface area contributed by atoms with Gasteiger partial charge in [0.2, 0.25) is 0 Å². The molecule has 0 aliphatic carbocycles. The molecule has 0 fully saturated rings.